The highest BCUT2D eigenvalue weighted by Gasteiger charge is 2.51. The van der Waals surface area contributed by atoms with Crippen molar-refractivity contribution in [2.45, 2.75) is 12.3 Å². The highest BCUT2D eigenvalue weighted by molar-refractivity contribution is 6.02. The van der Waals surface area contributed by atoms with Crippen LogP contribution < -0.4 is 4.90 Å². The summed E-state index contributed by atoms with van der Waals surface area (Å²) >= 11 is 0. The molecule has 264 valence electrons. The van der Waals surface area contributed by atoms with Crippen molar-refractivity contribution in [3.63, 3.8) is 0 Å². The Balaban J connectivity index is 1.19. The van der Waals surface area contributed by atoms with Gasteiger partial charge in [-0.1, -0.05) is 170 Å². The molecule has 9 aromatic rings. The zero-order valence-corrected chi connectivity index (χ0v) is 31.0. The molecule has 0 saturated carbocycles. The fourth-order valence-electron chi connectivity index (χ4n) is 9.66. The van der Waals surface area contributed by atoms with Gasteiger partial charge in [-0.25, -0.2) is 0 Å². The van der Waals surface area contributed by atoms with Crippen LogP contribution in [0.15, 0.2) is 205 Å². The van der Waals surface area contributed by atoms with Gasteiger partial charge in [0.25, 0.3) is 0 Å². The monoisotopic (exact) mass is 715 g/mol. The first-order chi connectivity index (χ1) is 27.7. The average Bonchev–Trinajstić information content (AvgIpc) is 3.86. The lowest BCUT2D eigenvalue weighted by atomic mass is 9.70. The molecule has 11 rings (SSSR count). The number of anilines is 3. The number of para-hydroxylation sites is 1. The lowest BCUT2D eigenvalue weighted by Crippen LogP contribution is -2.26. The first kappa shape index (κ1) is 32.3. The number of allylic oxidation sites excluding steroid dienone is 2. The van der Waals surface area contributed by atoms with Crippen molar-refractivity contribution in [1.29, 1.82) is 0 Å². The van der Waals surface area contributed by atoms with E-state index in [1.165, 1.54) is 55.3 Å². The smallest absolute Gasteiger partial charge is 0.159 e. The number of rotatable bonds is 6. The van der Waals surface area contributed by atoms with Gasteiger partial charge in [0.15, 0.2) is 5.58 Å². The molecule has 0 aliphatic heterocycles. The van der Waals surface area contributed by atoms with Crippen LogP contribution in [0, 0.1) is 6.92 Å². The summed E-state index contributed by atoms with van der Waals surface area (Å²) in [5, 5.41) is 3.47. The molecular weight excluding hydrogens is 679 g/mol. The van der Waals surface area contributed by atoms with E-state index in [2.05, 4.69) is 200 Å². The zero-order chi connectivity index (χ0) is 37.4. The fourth-order valence-corrected chi connectivity index (χ4v) is 9.66. The van der Waals surface area contributed by atoms with E-state index >= 15 is 0 Å². The molecule has 0 bridgehead atoms. The van der Waals surface area contributed by atoms with Crippen molar-refractivity contribution in [3.05, 3.63) is 240 Å². The Morgan fingerprint density at radius 1 is 0.536 bits per heavy atom. The molecule has 1 heterocycles. The van der Waals surface area contributed by atoms with E-state index in [1.54, 1.807) is 0 Å². The highest BCUT2D eigenvalue weighted by Crippen LogP contribution is 2.63. The molecule has 2 nitrogen and oxygen atoms in total. The van der Waals surface area contributed by atoms with Crippen molar-refractivity contribution in [2.24, 2.45) is 0 Å². The second kappa shape index (κ2) is 12.4. The first-order valence-electron chi connectivity index (χ1n) is 19.3. The number of nitrogens with zero attached hydrogens (tertiary/aromatic N) is 1. The average molecular weight is 716 g/mol. The number of hydrogen-bond acceptors (Lipinski definition) is 2. The Morgan fingerprint density at radius 2 is 1.11 bits per heavy atom. The Bertz CT molecular complexity index is 3010. The van der Waals surface area contributed by atoms with Crippen molar-refractivity contribution in [1.82, 2.24) is 0 Å². The molecule has 2 heteroatoms. The van der Waals surface area contributed by atoms with Crippen LogP contribution in [0.2, 0.25) is 0 Å². The molecule has 0 unspecified atom stereocenters. The largest absolute Gasteiger partial charge is 0.454 e. The summed E-state index contributed by atoms with van der Waals surface area (Å²) in [4.78, 5) is 2.39. The second-order valence-corrected chi connectivity index (χ2v) is 14.9. The fraction of sp³-hybridized carbons (Fsp3) is 0.0370. The van der Waals surface area contributed by atoms with Gasteiger partial charge in [0, 0.05) is 27.9 Å². The number of benzene rings is 8. The predicted octanol–water partition coefficient (Wildman–Crippen LogP) is 14.3. The summed E-state index contributed by atoms with van der Waals surface area (Å²) in [6, 6.07) is 66.4. The molecule has 0 saturated heterocycles. The van der Waals surface area contributed by atoms with Gasteiger partial charge in [0.05, 0.1) is 11.1 Å². The highest BCUT2D eigenvalue weighted by atomic mass is 16.3. The maximum absolute atomic E-state index is 7.08. The van der Waals surface area contributed by atoms with E-state index in [0.29, 0.717) is 0 Å². The molecule has 56 heavy (non-hydrogen) atoms. The first-order valence-corrected chi connectivity index (χ1v) is 19.3. The lowest BCUT2D eigenvalue weighted by molar-refractivity contribution is 0.597. The summed E-state index contributed by atoms with van der Waals surface area (Å²) < 4.78 is 7.08. The normalized spacial score (nSPS) is 13.4. The number of fused-ring (bicyclic) bond motifs is 12. The molecule has 1 aromatic heterocycles. The summed E-state index contributed by atoms with van der Waals surface area (Å²) in [5.41, 5.74) is 17.1. The molecule has 0 fully saturated rings. The molecule has 0 amide bonds. The van der Waals surface area contributed by atoms with Gasteiger partial charge in [-0.05, 0) is 98.1 Å². The topological polar surface area (TPSA) is 16.4 Å². The van der Waals surface area contributed by atoms with Crippen LogP contribution in [0.25, 0.3) is 49.6 Å². The van der Waals surface area contributed by atoms with Gasteiger partial charge in [-0.3, -0.25) is 0 Å². The quantitative estimate of drug-likeness (QED) is 0.159. The van der Waals surface area contributed by atoms with E-state index in [9.17, 15) is 0 Å². The summed E-state index contributed by atoms with van der Waals surface area (Å²) in [5.74, 6) is 0.847. The van der Waals surface area contributed by atoms with E-state index in [4.69, 9.17) is 4.42 Å². The van der Waals surface area contributed by atoms with E-state index < -0.39 is 5.41 Å². The maximum atomic E-state index is 7.08. The minimum absolute atomic E-state index is 0.454. The minimum Gasteiger partial charge on any atom is -0.454 e. The molecule has 2 aliphatic carbocycles. The van der Waals surface area contributed by atoms with E-state index in [1.807, 2.05) is 12.1 Å². The SMILES string of the molecule is C=C/C=C(/c1ccccc1)c1oc2c(N(c3ccc4c(c3)C3(c5ccccc5-c5ccccc53)c3ccccc3-4)c3ccc4ccccc4c3)cccc2c1C. The Kier molecular flexibility index (Phi) is 7.17. The van der Waals surface area contributed by atoms with E-state index in [0.717, 1.165) is 50.5 Å². The van der Waals surface area contributed by atoms with Crippen LogP contribution in [0.4, 0.5) is 17.1 Å². The third kappa shape index (κ3) is 4.50. The van der Waals surface area contributed by atoms with Crippen molar-refractivity contribution < 1.29 is 4.42 Å². The molecule has 2 aliphatic rings. The Labute approximate surface area is 326 Å². The molecule has 0 atom stereocenters. The molecule has 1 spiro atoms. The van der Waals surface area contributed by atoms with Crippen LogP contribution in [-0.4, -0.2) is 0 Å². The van der Waals surface area contributed by atoms with Crippen LogP contribution in [0.5, 0.6) is 0 Å². The van der Waals surface area contributed by atoms with Gasteiger partial charge in [0.1, 0.15) is 5.76 Å². The molecule has 0 N–H and O–H groups in total. The zero-order valence-electron chi connectivity index (χ0n) is 31.0. The number of furan rings is 1. The second-order valence-electron chi connectivity index (χ2n) is 14.9. The third-order valence-corrected chi connectivity index (χ3v) is 12.0. The van der Waals surface area contributed by atoms with Crippen molar-refractivity contribution >= 4 is 44.4 Å². The van der Waals surface area contributed by atoms with Gasteiger partial charge in [-0.2, -0.15) is 0 Å². The summed E-state index contributed by atoms with van der Waals surface area (Å²) in [7, 11) is 0. The van der Waals surface area contributed by atoms with Gasteiger partial charge >= 0.3 is 0 Å². The summed E-state index contributed by atoms with van der Waals surface area (Å²) in [6.07, 6.45) is 3.89. The van der Waals surface area contributed by atoms with Gasteiger partial charge in [0.2, 0.25) is 0 Å². The number of aryl methyl sites for hydroxylation is 1. The van der Waals surface area contributed by atoms with Crippen LogP contribution in [-0.2, 0) is 5.41 Å². The molecule has 8 aromatic carbocycles. The molecule has 0 radical (unpaired) electrons. The predicted molar refractivity (Wildman–Crippen MR) is 233 cm³/mol. The lowest BCUT2D eigenvalue weighted by Gasteiger charge is -2.32. The van der Waals surface area contributed by atoms with Crippen LogP contribution >= 0.6 is 0 Å². The summed E-state index contributed by atoms with van der Waals surface area (Å²) in [6.45, 7) is 6.22. The minimum atomic E-state index is -0.454. The molecular formula is C54H37NO. The van der Waals surface area contributed by atoms with Gasteiger partial charge in [-0.15, -0.1) is 0 Å². The van der Waals surface area contributed by atoms with Crippen LogP contribution in [0.3, 0.4) is 0 Å². The van der Waals surface area contributed by atoms with Crippen molar-refractivity contribution in [3.8, 4) is 22.3 Å². The maximum Gasteiger partial charge on any atom is 0.159 e. The Morgan fingerprint density at radius 3 is 1.79 bits per heavy atom. The van der Waals surface area contributed by atoms with Gasteiger partial charge < -0.3 is 9.32 Å². The van der Waals surface area contributed by atoms with Crippen molar-refractivity contribution in [2.75, 3.05) is 4.90 Å². The standard InChI is InChI=1S/C54H37NO/c1-3-16-42(37-18-5-4-6-19-37)52-35(2)41-24-15-28-51(53(41)56-52)55(39-30-29-36-17-7-8-20-38(36)33-39)40-31-32-46-45-23-11-14-27-49(45)54(50(46)34-40)47-25-12-9-21-43(47)44-22-10-13-26-48(44)54/h3-34H,1H2,2H3/b42-16-. The third-order valence-electron chi connectivity index (χ3n) is 12.0. The van der Waals surface area contributed by atoms with E-state index in [-0.39, 0.29) is 0 Å². The number of hydrogen-bond donors (Lipinski definition) is 0. The van der Waals surface area contributed by atoms with Crippen LogP contribution in [0.1, 0.15) is 39.1 Å². The Hall–Kier alpha value is -7.16.